The Hall–Kier alpha value is -2.30. The lowest BCUT2D eigenvalue weighted by Crippen LogP contribution is -2.30. The molecule has 422 valence electrons. The summed E-state index contributed by atoms with van der Waals surface area (Å²) >= 11 is 0. The largest absolute Gasteiger partial charge is 0.472 e. The van der Waals surface area contributed by atoms with E-state index >= 15 is 0 Å². The Balaban J connectivity index is 4.71. The van der Waals surface area contributed by atoms with Crippen LogP contribution in [0.3, 0.4) is 0 Å². The van der Waals surface area contributed by atoms with E-state index in [1.807, 2.05) is 0 Å². The molecule has 0 heterocycles. The molecular formula is C60H111O11P. The van der Waals surface area contributed by atoms with Gasteiger partial charge in [-0.3, -0.25) is 23.4 Å². The molecule has 0 amide bonds. The van der Waals surface area contributed by atoms with Gasteiger partial charge in [-0.1, -0.05) is 231 Å². The van der Waals surface area contributed by atoms with Gasteiger partial charge >= 0.3 is 25.7 Å². The zero-order valence-corrected chi connectivity index (χ0v) is 47.6. The molecule has 0 saturated carbocycles. The first kappa shape index (κ1) is 69.7. The van der Waals surface area contributed by atoms with Gasteiger partial charge in [0.2, 0.25) is 0 Å². The van der Waals surface area contributed by atoms with Crippen LogP contribution < -0.4 is 0 Å². The van der Waals surface area contributed by atoms with E-state index in [4.69, 9.17) is 23.3 Å². The second-order valence-corrected chi connectivity index (χ2v) is 21.6. The standard InChI is InChI=1S/C60H111O11P/c1-4-7-10-13-16-19-22-25-27-28-30-33-36-39-42-45-48-51-60(64)71-57(53-67-58(62)49-46-43-40-37-34-32-29-26-23-20-17-14-11-8-5-2)55-69-72(65,66)68-54-56(52-61)70-59(63)50-47-44-41-38-35-31-24-21-18-15-12-9-6-3/h17,20-21,24,26,29,56-57,61H,4-16,18-19,22-23,25,27-28,30-55H2,1-3H3,(H,65,66)/b20-17-,24-21-,29-26-. The number of unbranched alkanes of at least 4 members (excludes halogenated alkanes) is 33. The molecule has 0 aliphatic rings. The molecule has 0 fully saturated rings. The van der Waals surface area contributed by atoms with Crippen molar-refractivity contribution < 1.29 is 52.2 Å². The minimum absolute atomic E-state index is 0.169. The molecule has 0 bridgehead atoms. The average molecular weight is 1040 g/mol. The Morgan fingerprint density at radius 1 is 0.389 bits per heavy atom. The number of ether oxygens (including phenoxy) is 3. The first-order valence-electron chi connectivity index (χ1n) is 29.9. The van der Waals surface area contributed by atoms with Crippen molar-refractivity contribution in [2.45, 2.75) is 303 Å². The normalized spacial score (nSPS) is 13.6. The number of phosphoric ester groups is 1. The Labute approximate surface area is 441 Å². The number of carbonyl (C=O) groups excluding carboxylic acids is 3. The minimum Gasteiger partial charge on any atom is -0.462 e. The summed E-state index contributed by atoms with van der Waals surface area (Å²) in [5.41, 5.74) is 0. The molecule has 0 aliphatic carbocycles. The maximum Gasteiger partial charge on any atom is 0.472 e. The fourth-order valence-corrected chi connectivity index (χ4v) is 9.23. The van der Waals surface area contributed by atoms with Crippen LogP contribution in [-0.4, -0.2) is 66.5 Å². The zero-order chi connectivity index (χ0) is 52.7. The Kier molecular flexibility index (Phi) is 53.2. The summed E-state index contributed by atoms with van der Waals surface area (Å²) in [6.07, 6.45) is 56.7. The molecule has 0 aromatic heterocycles. The van der Waals surface area contributed by atoms with Gasteiger partial charge in [0, 0.05) is 19.3 Å². The predicted octanol–water partition coefficient (Wildman–Crippen LogP) is 17.6. The molecule has 12 heteroatoms. The number of aliphatic hydroxyl groups excluding tert-OH is 1. The molecule has 2 N–H and O–H groups in total. The summed E-state index contributed by atoms with van der Waals surface area (Å²) in [4.78, 5) is 48.5. The predicted molar refractivity (Wildman–Crippen MR) is 298 cm³/mol. The van der Waals surface area contributed by atoms with E-state index in [9.17, 15) is 28.9 Å². The first-order chi connectivity index (χ1) is 35.2. The summed E-state index contributed by atoms with van der Waals surface area (Å²) in [5, 5.41) is 9.81. The number of esters is 3. The topological polar surface area (TPSA) is 155 Å². The second-order valence-electron chi connectivity index (χ2n) is 20.2. The average Bonchev–Trinajstić information content (AvgIpc) is 3.37. The van der Waals surface area contributed by atoms with Crippen LogP contribution >= 0.6 is 7.82 Å². The van der Waals surface area contributed by atoms with Gasteiger partial charge < -0.3 is 24.2 Å². The van der Waals surface area contributed by atoms with E-state index in [0.717, 1.165) is 103 Å². The summed E-state index contributed by atoms with van der Waals surface area (Å²) in [5.74, 6) is -1.47. The molecule has 0 radical (unpaired) electrons. The lowest BCUT2D eigenvalue weighted by molar-refractivity contribution is -0.161. The van der Waals surface area contributed by atoms with Crippen LogP contribution in [-0.2, 0) is 42.2 Å². The molecule has 0 spiro atoms. The molecular weight excluding hydrogens is 928 g/mol. The second kappa shape index (κ2) is 54.9. The van der Waals surface area contributed by atoms with Crippen LogP contribution in [0.2, 0.25) is 0 Å². The molecule has 11 nitrogen and oxygen atoms in total. The highest BCUT2D eigenvalue weighted by Gasteiger charge is 2.28. The lowest BCUT2D eigenvalue weighted by atomic mass is 10.0. The molecule has 3 atom stereocenters. The first-order valence-corrected chi connectivity index (χ1v) is 31.4. The number of aliphatic hydroxyl groups is 1. The summed E-state index contributed by atoms with van der Waals surface area (Å²) < 4.78 is 39.5. The number of hydrogen-bond acceptors (Lipinski definition) is 10. The Bertz CT molecular complexity index is 1350. The lowest BCUT2D eigenvalue weighted by Gasteiger charge is -2.21. The van der Waals surface area contributed by atoms with Gasteiger partial charge in [-0.15, -0.1) is 0 Å². The highest BCUT2D eigenvalue weighted by Crippen LogP contribution is 2.43. The molecule has 0 rings (SSSR count). The smallest absolute Gasteiger partial charge is 0.462 e. The van der Waals surface area contributed by atoms with Crippen LogP contribution in [0.15, 0.2) is 36.5 Å². The summed E-state index contributed by atoms with van der Waals surface area (Å²) in [6, 6.07) is 0. The molecule has 72 heavy (non-hydrogen) atoms. The van der Waals surface area contributed by atoms with Crippen molar-refractivity contribution in [3.63, 3.8) is 0 Å². The van der Waals surface area contributed by atoms with Gasteiger partial charge in [0.15, 0.2) is 6.10 Å². The van der Waals surface area contributed by atoms with Gasteiger partial charge in [0.05, 0.1) is 19.8 Å². The van der Waals surface area contributed by atoms with Crippen molar-refractivity contribution in [3.05, 3.63) is 36.5 Å². The van der Waals surface area contributed by atoms with Crippen LogP contribution in [0.4, 0.5) is 0 Å². The quantitative estimate of drug-likeness (QED) is 0.0197. The van der Waals surface area contributed by atoms with Gasteiger partial charge in [-0.25, -0.2) is 4.57 Å². The third-order valence-electron chi connectivity index (χ3n) is 13.0. The molecule has 0 aromatic rings. The number of allylic oxidation sites excluding steroid dienone is 6. The van der Waals surface area contributed by atoms with Crippen LogP contribution in [0.5, 0.6) is 0 Å². The number of hydrogen-bond donors (Lipinski definition) is 2. The van der Waals surface area contributed by atoms with Gasteiger partial charge in [0.1, 0.15) is 12.7 Å². The fraction of sp³-hybridized carbons (Fsp3) is 0.850. The molecule has 0 aromatic carbocycles. The molecule has 0 aliphatic heterocycles. The zero-order valence-electron chi connectivity index (χ0n) is 46.7. The Morgan fingerprint density at radius 2 is 0.681 bits per heavy atom. The maximum atomic E-state index is 12.9. The number of rotatable bonds is 56. The summed E-state index contributed by atoms with van der Waals surface area (Å²) in [7, 11) is -4.75. The number of phosphoric acid groups is 1. The van der Waals surface area contributed by atoms with Crippen molar-refractivity contribution in [3.8, 4) is 0 Å². The van der Waals surface area contributed by atoms with Crippen LogP contribution in [0, 0.1) is 0 Å². The van der Waals surface area contributed by atoms with Crippen LogP contribution in [0.25, 0.3) is 0 Å². The van der Waals surface area contributed by atoms with Crippen molar-refractivity contribution >= 4 is 25.7 Å². The van der Waals surface area contributed by atoms with Crippen molar-refractivity contribution in [2.24, 2.45) is 0 Å². The van der Waals surface area contributed by atoms with E-state index in [2.05, 4.69) is 57.2 Å². The monoisotopic (exact) mass is 1040 g/mol. The number of carbonyl (C=O) groups is 3. The van der Waals surface area contributed by atoms with Crippen molar-refractivity contribution in [1.29, 1.82) is 0 Å². The van der Waals surface area contributed by atoms with Gasteiger partial charge in [-0.05, 0) is 77.0 Å². The maximum absolute atomic E-state index is 12.9. The highest BCUT2D eigenvalue weighted by molar-refractivity contribution is 7.47. The molecule has 0 saturated heterocycles. The van der Waals surface area contributed by atoms with Crippen LogP contribution in [0.1, 0.15) is 290 Å². The highest BCUT2D eigenvalue weighted by atomic mass is 31.2. The third-order valence-corrected chi connectivity index (χ3v) is 14.0. The van der Waals surface area contributed by atoms with E-state index in [0.29, 0.717) is 19.3 Å². The minimum atomic E-state index is -4.75. The van der Waals surface area contributed by atoms with E-state index in [-0.39, 0.29) is 25.9 Å². The molecule has 3 unspecified atom stereocenters. The SMILES string of the molecule is CCCCC/C=C\C/C=C\CCCCCCCC(=O)OCC(COP(=O)(O)OCC(CO)OC(=O)CCCCCCC/C=C\CCCCCC)OC(=O)CCCCCCCCCCCCCCCCCCC. The van der Waals surface area contributed by atoms with Crippen molar-refractivity contribution in [1.82, 2.24) is 0 Å². The van der Waals surface area contributed by atoms with E-state index < -0.39 is 57.8 Å². The van der Waals surface area contributed by atoms with Gasteiger partial charge in [0.25, 0.3) is 0 Å². The third kappa shape index (κ3) is 52.6. The van der Waals surface area contributed by atoms with E-state index in [1.54, 1.807) is 0 Å². The van der Waals surface area contributed by atoms with Crippen molar-refractivity contribution in [2.75, 3.05) is 26.4 Å². The summed E-state index contributed by atoms with van der Waals surface area (Å²) in [6.45, 7) is 4.62. The Morgan fingerprint density at radius 3 is 1.08 bits per heavy atom. The van der Waals surface area contributed by atoms with Gasteiger partial charge in [-0.2, -0.15) is 0 Å². The van der Waals surface area contributed by atoms with E-state index in [1.165, 1.54) is 128 Å². The fourth-order valence-electron chi connectivity index (χ4n) is 8.44.